The van der Waals surface area contributed by atoms with Gasteiger partial charge in [0.1, 0.15) is 5.65 Å². The van der Waals surface area contributed by atoms with E-state index < -0.39 is 22.7 Å². The molecule has 0 bridgehead atoms. The minimum atomic E-state index is -4.74. The van der Waals surface area contributed by atoms with Gasteiger partial charge in [-0.25, -0.2) is 4.98 Å². The molecule has 1 N–H and O–H groups in total. The summed E-state index contributed by atoms with van der Waals surface area (Å²) in [6.45, 7) is 3.23. The maximum Gasteiger partial charge on any atom is 0.417 e. The topological polar surface area (TPSA) is 77.7 Å². The van der Waals surface area contributed by atoms with Crippen LogP contribution in [0.2, 0.25) is 0 Å². The van der Waals surface area contributed by atoms with Crippen LogP contribution in [0, 0.1) is 4.77 Å². The molecule has 1 saturated heterocycles. The van der Waals surface area contributed by atoms with E-state index in [9.17, 15) is 18.0 Å². The number of halogens is 3. The molecule has 0 radical (unpaired) electrons. The molecule has 4 rings (SSSR count). The number of aryl methyl sites for hydroxylation is 1. The smallest absolute Gasteiger partial charge is 0.376 e. The molecule has 1 fully saturated rings. The second-order valence-electron chi connectivity index (χ2n) is 6.84. The van der Waals surface area contributed by atoms with E-state index in [0.29, 0.717) is 18.7 Å². The first kappa shape index (κ1) is 19.8. The fraction of sp³-hybridized carbons (Fsp3) is 0.444. The van der Waals surface area contributed by atoms with E-state index in [1.54, 1.807) is 10.9 Å². The van der Waals surface area contributed by atoms with E-state index in [4.69, 9.17) is 17.0 Å². The van der Waals surface area contributed by atoms with Gasteiger partial charge < -0.3 is 4.74 Å². The van der Waals surface area contributed by atoms with Gasteiger partial charge in [0.05, 0.1) is 35.5 Å². The lowest BCUT2D eigenvalue weighted by Crippen LogP contribution is -2.24. The molecule has 3 aromatic rings. The molecule has 0 unspecified atom stereocenters. The molecule has 1 atom stereocenters. The van der Waals surface area contributed by atoms with Crippen LogP contribution in [0.25, 0.3) is 22.3 Å². The van der Waals surface area contributed by atoms with E-state index >= 15 is 0 Å². The lowest BCUT2D eigenvalue weighted by atomic mass is 10.1. The Morgan fingerprint density at radius 2 is 2.21 bits per heavy atom. The normalized spacial score (nSPS) is 17.3. The van der Waals surface area contributed by atoms with E-state index in [-0.39, 0.29) is 28.8 Å². The summed E-state index contributed by atoms with van der Waals surface area (Å²) < 4.78 is 50.1. The monoisotopic (exact) mass is 425 g/mol. The van der Waals surface area contributed by atoms with Crippen molar-refractivity contribution in [2.75, 3.05) is 6.61 Å². The van der Waals surface area contributed by atoms with Gasteiger partial charge in [-0.3, -0.25) is 19.0 Å². The molecule has 0 amide bonds. The maximum absolute atomic E-state index is 13.8. The van der Waals surface area contributed by atoms with Crippen molar-refractivity contribution in [2.45, 2.75) is 45.1 Å². The van der Waals surface area contributed by atoms with Crippen LogP contribution in [-0.4, -0.2) is 37.0 Å². The number of nitrogens with one attached hydrogen (secondary N) is 1. The molecule has 7 nitrogen and oxygen atoms in total. The summed E-state index contributed by atoms with van der Waals surface area (Å²) in [4.78, 5) is 19.2. The van der Waals surface area contributed by atoms with Gasteiger partial charge in [-0.1, -0.05) is 0 Å². The van der Waals surface area contributed by atoms with Crippen molar-refractivity contribution in [3.8, 4) is 11.3 Å². The van der Waals surface area contributed by atoms with Crippen LogP contribution in [0.3, 0.4) is 0 Å². The highest BCUT2D eigenvalue weighted by molar-refractivity contribution is 7.71. The van der Waals surface area contributed by atoms with Crippen molar-refractivity contribution < 1.29 is 17.9 Å². The van der Waals surface area contributed by atoms with E-state index in [0.717, 1.165) is 18.9 Å². The van der Waals surface area contributed by atoms with Crippen molar-refractivity contribution in [3.63, 3.8) is 0 Å². The molecular formula is C18H18F3N5O2S. The number of hydrogen-bond donors (Lipinski definition) is 1. The summed E-state index contributed by atoms with van der Waals surface area (Å²) in [7, 11) is 0. The molecule has 1 aliphatic heterocycles. The zero-order valence-electron chi connectivity index (χ0n) is 15.5. The van der Waals surface area contributed by atoms with E-state index in [2.05, 4.69) is 15.1 Å². The Kier molecular flexibility index (Phi) is 5.03. The van der Waals surface area contributed by atoms with Gasteiger partial charge in [0.15, 0.2) is 4.77 Å². The van der Waals surface area contributed by atoms with Crippen LogP contribution in [0.4, 0.5) is 13.2 Å². The number of rotatable bonds is 4. The summed E-state index contributed by atoms with van der Waals surface area (Å²) in [5, 5.41) is 3.57. The van der Waals surface area contributed by atoms with Gasteiger partial charge in [0.2, 0.25) is 0 Å². The van der Waals surface area contributed by atoms with Gasteiger partial charge >= 0.3 is 6.18 Å². The molecule has 4 heterocycles. The average molecular weight is 425 g/mol. The summed E-state index contributed by atoms with van der Waals surface area (Å²) in [6.07, 6.45) is -0.253. The highest BCUT2D eigenvalue weighted by Crippen LogP contribution is 2.35. The number of ether oxygens (including phenoxy) is 1. The minimum Gasteiger partial charge on any atom is -0.376 e. The third-order valence-electron chi connectivity index (χ3n) is 4.92. The zero-order chi connectivity index (χ0) is 20.8. The number of nitrogens with zero attached hydrogens (tertiary/aromatic N) is 4. The molecule has 0 spiro atoms. The van der Waals surface area contributed by atoms with Gasteiger partial charge in [0.25, 0.3) is 5.56 Å². The first-order valence-electron chi connectivity index (χ1n) is 9.17. The number of fused-ring (bicyclic) bond motifs is 1. The Bertz CT molecular complexity index is 1170. The van der Waals surface area contributed by atoms with Crippen LogP contribution >= 0.6 is 12.2 Å². The number of H-pyrrole nitrogens is 1. The SMILES string of the molecule is CCn1cc(-c2cc(C(F)(F)F)c3c(=O)[nH]c(=S)n(C[C@@H]4CCCO4)c3n2)cn1. The first-order chi connectivity index (χ1) is 13.8. The van der Waals surface area contributed by atoms with Crippen LogP contribution in [0.1, 0.15) is 25.3 Å². The fourth-order valence-electron chi connectivity index (χ4n) is 3.48. The Morgan fingerprint density at radius 1 is 1.41 bits per heavy atom. The molecule has 3 aromatic heterocycles. The third kappa shape index (κ3) is 3.71. The van der Waals surface area contributed by atoms with Crippen LogP contribution in [-0.2, 0) is 24.0 Å². The number of alkyl halides is 3. The highest BCUT2D eigenvalue weighted by atomic mass is 32.1. The summed E-state index contributed by atoms with van der Waals surface area (Å²) >= 11 is 5.24. The lowest BCUT2D eigenvalue weighted by molar-refractivity contribution is -0.136. The Labute approximate surface area is 168 Å². The maximum atomic E-state index is 13.8. The van der Waals surface area contributed by atoms with Crippen LogP contribution in [0.5, 0.6) is 0 Å². The van der Waals surface area contributed by atoms with E-state index in [1.807, 2.05) is 6.92 Å². The number of pyridine rings is 1. The average Bonchev–Trinajstić information content (AvgIpc) is 3.35. The molecule has 29 heavy (non-hydrogen) atoms. The van der Waals surface area contributed by atoms with Crippen LogP contribution < -0.4 is 5.56 Å². The molecule has 0 aliphatic carbocycles. The summed E-state index contributed by atoms with van der Waals surface area (Å²) in [5.41, 5.74) is -1.58. The molecule has 1 aliphatic rings. The highest BCUT2D eigenvalue weighted by Gasteiger charge is 2.36. The summed E-state index contributed by atoms with van der Waals surface area (Å²) in [6, 6.07) is 0.883. The number of aromatic amines is 1. The van der Waals surface area contributed by atoms with Gasteiger partial charge in [0, 0.05) is 24.9 Å². The van der Waals surface area contributed by atoms with Crippen molar-refractivity contribution in [1.82, 2.24) is 24.3 Å². The van der Waals surface area contributed by atoms with Gasteiger partial charge in [-0.15, -0.1) is 0 Å². The molecule has 0 aromatic carbocycles. The Balaban J connectivity index is 2.01. The largest absolute Gasteiger partial charge is 0.417 e. The lowest BCUT2D eigenvalue weighted by Gasteiger charge is -2.17. The standard InChI is InChI=1S/C18H18F3N5O2S/c1-2-25-8-10(7-22-25)13-6-12(18(19,20)21)14-15(23-13)26(17(29)24-16(14)27)9-11-4-3-5-28-11/h6-8,11H,2-5,9H2,1H3,(H,24,27,29)/t11-/m0/s1. The van der Waals surface area contributed by atoms with Gasteiger partial charge in [-0.2, -0.15) is 18.3 Å². The minimum absolute atomic E-state index is 0.0139. The molecule has 0 saturated carbocycles. The van der Waals surface area contributed by atoms with Crippen LogP contribution in [0.15, 0.2) is 23.3 Å². The molecule has 154 valence electrons. The predicted molar refractivity (Wildman–Crippen MR) is 102 cm³/mol. The zero-order valence-corrected chi connectivity index (χ0v) is 16.3. The predicted octanol–water partition coefficient (Wildman–Crippen LogP) is 3.54. The second-order valence-corrected chi connectivity index (χ2v) is 7.23. The van der Waals surface area contributed by atoms with Gasteiger partial charge in [-0.05, 0) is 38.0 Å². The van der Waals surface area contributed by atoms with Crippen molar-refractivity contribution >= 4 is 23.3 Å². The van der Waals surface area contributed by atoms with E-state index in [1.165, 1.54) is 10.8 Å². The van der Waals surface area contributed by atoms with Crippen molar-refractivity contribution in [3.05, 3.63) is 39.1 Å². The number of hydrogen-bond acceptors (Lipinski definition) is 5. The second kappa shape index (κ2) is 7.38. The third-order valence-corrected chi connectivity index (χ3v) is 5.24. The quantitative estimate of drug-likeness (QED) is 0.647. The molecular weight excluding hydrogens is 407 g/mol. The fourth-order valence-corrected chi connectivity index (χ4v) is 3.73. The Morgan fingerprint density at radius 3 is 2.83 bits per heavy atom. The number of aromatic nitrogens is 5. The van der Waals surface area contributed by atoms with Crippen molar-refractivity contribution in [1.29, 1.82) is 0 Å². The Hall–Kier alpha value is -2.53. The summed E-state index contributed by atoms with van der Waals surface area (Å²) in [5.74, 6) is 0. The first-order valence-corrected chi connectivity index (χ1v) is 9.58. The molecule has 11 heteroatoms. The van der Waals surface area contributed by atoms with Crippen molar-refractivity contribution in [2.24, 2.45) is 0 Å².